The van der Waals surface area contributed by atoms with Crippen molar-refractivity contribution in [3.05, 3.63) is 73.1 Å². The van der Waals surface area contributed by atoms with Gasteiger partial charge in [-0.05, 0) is 12.1 Å². The zero-order chi connectivity index (χ0) is 20.4. The van der Waals surface area contributed by atoms with Crippen molar-refractivity contribution in [1.29, 1.82) is 0 Å². The molecule has 0 saturated carbocycles. The lowest BCUT2D eigenvalue weighted by Crippen LogP contribution is -2.17. The number of nitro benzene ring substituents is 3. The number of imidazole rings is 1. The van der Waals surface area contributed by atoms with E-state index in [1.807, 2.05) is 0 Å². The standard InChI is InChI=1S/C15H9N5O8/c21-14(7-17-8-16-10-3-1-2-4-11(10)17)28-15-12(19(24)25)5-9(18(22)23)6-13(15)20(26)27/h1-6,8H,7H2. The molecule has 0 aliphatic carbocycles. The molecule has 0 spiro atoms. The predicted octanol–water partition coefficient (Wildman–Crippen LogP) is 2.37. The maximum Gasteiger partial charge on any atom is 0.331 e. The van der Waals surface area contributed by atoms with Crippen LogP contribution in [-0.4, -0.2) is 30.3 Å². The molecule has 1 heterocycles. The van der Waals surface area contributed by atoms with Crippen molar-refractivity contribution in [2.45, 2.75) is 6.54 Å². The summed E-state index contributed by atoms with van der Waals surface area (Å²) in [4.78, 5) is 46.3. The summed E-state index contributed by atoms with van der Waals surface area (Å²) in [6.07, 6.45) is 1.34. The van der Waals surface area contributed by atoms with Gasteiger partial charge in [0.2, 0.25) is 0 Å². The van der Waals surface area contributed by atoms with Crippen LogP contribution in [0.4, 0.5) is 17.1 Å². The van der Waals surface area contributed by atoms with E-state index in [9.17, 15) is 35.1 Å². The summed E-state index contributed by atoms with van der Waals surface area (Å²) in [5, 5.41) is 33.3. The third-order valence-electron chi connectivity index (χ3n) is 3.68. The van der Waals surface area contributed by atoms with E-state index in [0.717, 1.165) is 0 Å². The second-order valence-electron chi connectivity index (χ2n) is 5.42. The van der Waals surface area contributed by atoms with E-state index >= 15 is 0 Å². The topological polar surface area (TPSA) is 174 Å². The van der Waals surface area contributed by atoms with Crippen molar-refractivity contribution in [1.82, 2.24) is 9.55 Å². The van der Waals surface area contributed by atoms with Crippen molar-refractivity contribution >= 4 is 34.1 Å². The maximum atomic E-state index is 12.2. The summed E-state index contributed by atoms with van der Waals surface area (Å²) in [5.74, 6) is -2.03. The summed E-state index contributed by atoms with van der Waals surface area (Å²) in [6.45, 7) is -0.439. The maximum absolute atomic E-state index is 12.2. The monoisotopic (exact) mass is 387 g/mol. The molecule has 0 N–H and O–H groups in total. The van der Waals surface area contributed by atoms with Crippen LogP contribution >= 0.6 is 0 Å². The first-order valence-electron chi connectivity index (χ1n) is 7.49. The van der Waals surface area contributed by atoms with E-state index in [0.29, 0.717) is 23.2 Å². The predicted molar refractivity (Wildman–Crippen MR) is 91.8 cm³/mol. The Morgan fingerprint density at radius 1 is 1.00 bits per heavy atom. The SMILES string of the molecule is O=C(Cn1cnc2ccccc21)Oc1c([N+](=O)[O-])cc([N+](=O)[O-])cc1[N+](=O)[O-]. The minimum Gasteiger partial charge on any atom is -0.410 e. The summed E-state index contributed by atoms with van der Waals surface area (Å²) in [7, 11) is 0. The number of fused-ring (bicyclic) bond motifs is 1. The van der Waals surface area contributed by atoms with Gasteiger partial charge in [-0.25, -0.2) is 9.78 Å². The molecule has 0 radical (unpaired) electrons. The Hall–Kier alpha value is -4.42. The molecule has 142 valence electrons. The molecule has 3 aromatic rings. The Morgan fingerprint density at radius 2 is 1.61 bits per heavy atom. The van der Waals surface area contributed by atoms with Crippen LogP contribution in [0.25, 0.3) is 11.0 Å². The number of nitrogens with zero attached hydrogens (tertiary/aromatic N) is 5. The lowest BCUT2D eigenvalue weighted by Gasteiger charge is -2.07. The molecule has 0 saturated heterocycles. The number of esters is 1. The van der Waals surface area contributed by atoms with E-state index in [1.54, 1.807) is 24.3 Å². The van der Waals surface area contributed by atoms with E-state index in [1.165, 1.54) is 10.9 Å². The van der Waals surface area contributed by atoms with Gasteiger partial charge in [0.15, 0.2) is 0 Å². The van der Waals surface area contributed by atoms with Gasteiger partial charge in [-0.15, -0.1) is 0 Å². The molecule has 13 nitrogen and oxygen atoms in total. The fraction of sp³-hybridized carbons (Fsp3) is 0.0667. The van der Waals surface area contributed by atoms with Gasteiger partial charge in [0, 0.05) is 0 Å². The largest absolute Gasteiger partial charge is 0.410 e. The number of rotatable bonds is 6. The number of para-hydroxylation sites is 2. The molecule has 0 aliphatic rings. The van der Waals surface area contributed by atoms with Crippen LogP contribution in [0.3, 0.4) is 0 Å². The average molecular weight is 387 g/mol. The number of hydrogen-bond acceptors (Lipinski definition) is 9. The highest BCUT2D eigenvalue weighted by Gasteiger charge is 2.33. The van der Waals surface area contributed by atoms with Crippen LogP contribution in [0.15, 0.2) is 42.7 Å². The second kappa shape index (κ2) is 7.06. The first-order chi connectivity index (χ1) is 13.3. The minimum absolute atomic E-state index is 0.439. The number of carbonyl (C=O) groups is 1. The van der Waals surface area contributed by atoms with E-state index in [-0.39, 0.29) is 0 Å². The smallest absolute Gasteiger partial charge is 0.331 e. The number of aromatic nitrogens is 2. The molecule has 0 bridgehead atoms. The molecule has 0 unspecified atom stereocenters. The van der Waals surface area contributed by atoms with Crippen LogP contribution in [0.2, 0.25) is 0 Å². The average Bonchev–Trinajstić information content (AvgIpc) is 3.04. The van der Waals surface area contributed by atoms with Gasteiger partial charge >= 0.3 is 17.3 Å². The zero-order valence-electron chi connectivity index (χ0n) is 13.8. The van der Waals surface area contributed by atoms with Gasteiger partial charge in [-0.2, -0.15) is 0 Å². The zero-order valence-corrected chi connectivity index (χ0v) is 13.8. The van der Waals surface area contributed by atoms with Crippen molar-refractivity contribution in [2.24, 2.45) is 0 Å². The Balaban J connectivity index is 1.98. The molecular formula is C15H9N5O8. The molecule has 3 rings (SSSR count). The van der Waals surface area contributed by atoms with Crippen molar-refractivity contribution < 1.29 is 24.3 Å². The van der Waals surface area contributed by atoms with Gasteiger partial charge in [-0.1, -0.05) is 12.1 Å². The molecule has 2 aromatic carbocycles. The quantitative estimate of drug-likeness (QED) is 0.266. The van der Waals surface area contributed by atoms with Gasteiger partial charge in [-0.3, -0.25) is 30.3 Å². The van der Waals surface area contributed by atoms with Crippen LogP contribution in [0.5, 0.6) is 5.75 Å². The Morgan fingerprint density at radius 3 is 2.18 bits per heavy atom. The minimum atomic E-state index is -1.10. The number of non-ortho nitro benzene ring substituents is 1. The number of carbonyl (C=O) groups excluding carboxylic acids is 1. The second-order valence-corrected chi connectivity index (χ2v) is 5.42. The molecule has 0 aliphatic heterocycles. The molecular weight excluding hydrogens is 378 g/mol. The van der Waals surface area contributed by atoms with Gasteiger partial charge in [0.25, 0.3) is 11.4 Å². The fourth-order valence-electron chi connectivity index (χ4n) is 2.49. The van der Waals surface area contributed by atoms with Crippen LogP contribution in [0.1, 0.15) is 0 Å². The summed E-state index contributed by atoms with van der Waals surface area (Å²) in [6, 6.07) is 7.79. The molecule has 0 amide bonds. The molecule has 28 heavy (non-hydrogen) atoms. The van der Waals surface area contributed by atoms with Crippen LogP contribution in [-0.2, 0) is 11.3 Å². The molecule has 0 fully saturated rings. The number of nitro groups is 3. The van der Waals surface area contributed by atoms with Gasteiger partial charge < -0.3 is 9.30 Å². The lowest BCUT2D eigenvalue weighted by molar-refractivity contribution is -0.404. The third-order valence-corrected chi connectivity index (χ3v) is 3.68. The van der Waals surface area contributed by atoms with Gasteiger partial charge in [0.1, 0.15) is 6.54 Å². The highest BCUT2D eigenvalue weighted by atomic mass is 16.6. The Labute approximate surface area is 154 Å². The lowest BCUT2D eigenvalue weighted by atomic mass is 10.2. The highest BCUT2D eigenvalue weighted by Crippen LogP contribution is 2.40. The van der Waals surface area contributed by atoms with E-state index < -0.39 is 50.1 Å². The molecule has 13 heteroatoms. The third kappa shape index (κ3) is 3.44. The van der Waals surface area contributed by atoms with Crippen LogP contribution < -0.4 is 4.74 Å². The fourth-order valence-corrected chi connectivity index (χ4v) is 2.49. The van der Waals surface area contributed by atoms with Crippen molar-refractivity contribution in [3.8, 4) is 5.75 Å². The Kier molecular flexibility index (Phi) is 4.64. The molecule has 0 atom stereocenters. The Bertz CT molecular complexity index is 1100. The van der Waals surface area contributed by atoms with Crippen molar-refractivity contribution in [2.75, 3.05) is 0 Å². The number of hydrogen-bond donors (Lipinski definition) is 0. The number of ether oxygens (including phenoxy) is 1. The number of benzene rings is 2. The normalized spacial score (nSPS) is 10.6. The van der Waals surface area contributed by atoms with Crippen LogP contribution in [0, 0.1) is 30.3 Å². The van der Waals surface area contributed by atoms with Crippen molar-refractivity contribution in [3.63, 3.8) is 0 Å². The highest BCUT2D eigenvalue weighted by molar-refractivity contribution is 5.80. The summed E-state index contributed by atoms with van der Waals surface area (Å²) >= 11 is 0. The first kappa shape index (κ1) is 18.4. The van der Waals surface area contributed by atoms with E-state index in [4.69, 9.17) is 4.74 Å². The summed E-state index contributed by atoms with van der Waals surface area (Å²) < 4.78 is 6.25. The van der Waals surface area contributed by atoms with E-state index in [2.05, 4.69) is 4.98 Å². The van der Waals surface area contributed by atoms with Gasteiger partial charge in [0.05, 0.1) is 44.3 Å². The summed E-state index contributed by atoms with van der Waals surface area (Å²) in [5.41, 5.74) is -1.84. The molecule has 1 aromatic heterocycles. The first-order valence-corrected chi connectivity index (χ1v) is 7.49.